The highest BCUT2D eigenvalue weighted by atomic mass is 16.1. The Balaban J connectivity index is 0.00000204. The summed E-state index contributed by atoms with van der Waals surface area (Å²) in [5.74, 6) is 1.55. The number of carbonyl (C=O) groups is 1. The van der Waals surface area contributed by atoms with E-state index in [1.165, 1.54) is 12.8 Å². The molecule has 2 aromatic rings. The van der Waals surface area contributed by atoms with Gasteiger partial charge < -0.3 is 21.1 Å². The first-order valence-electron chi connectivity index (χ1n) is 11.7. The second-order valence-electron chi connectivity index (χ2n) is 10.2. The molecule has 1 unspecified atom stereocenters. The van der Waals surface area contributed by atoms with Gasteiger partial charge in [-0.3, -0.25) is 4.79 Å². The van der Waals surface area contributed by atoms with E-state index in [2.05, 4.69) is 66.4 Å². The number of hydrogen-bond donors (Lipinski definition) is 4. The highest BCUT2D eigenvalue weighted by Crippen LogP contribution is 2.30. The fraction of sp³-hybridized carbons (Fsp3) is 0.520. The Labute approximate surface area is 194 Å². The van der Waals surface area contributed by atoms with Crippen molar-refractivity contribution in [2.45, 2.75) is 65.3 Å². The molecule has 7 heteroatoms. The Kier molecular flexibility index (Phi) is 6.29. The molecule has 4 rings (SSSR count). The van der Waals surface area contributed by atoms with Crippen molar-refractivity contribution in [1.82, 2.24) is 15.8 Å². The molecule has 1 amide bonds. The Morgan fingerprint density at radius 2 is 1.91 bits per heavy atom. The molecule has 0 bridgehead atoms. The number of fused-ring (bicyclic) bond motifs is 1. The first kappa shape index (κ1) is 22.4. The van der Waals surface area contributed by atoms with Crippen molar-refractivity contribution >= 4 is 23.1 Å². The number of anilines is 3. The van der Waals surface area contributed by atoms with Crippen molar-refractivity contribution in [3.8, 4) is 0 Å². The van der Waals surface area contributed by atoms with Crippen LogP contribution in [0.1, 0.15) is 73.1 Å². The number of nitrogens with one attached hydrogen (secondary N) is 4. The fourth-order valence-corrected chi connectivity index (χ4v) is 4.22. The van der Waals surface area contributed by atoms with Crippen LogP contribution < -0.4 is 26.6 Å². The van der Waals surface area contributed by atoms with E-state index in [-0.39, 0.29) is 20.1 Å². The third kappa shape index (κ3) is 4.83. The number of hydrogen-bond acceptors (Lipinski definition) is 6. The first-order valence-corrected chi connectivity index (χ1v) is 11.7. The minimum Gasteiger partial charge on any atom is -0.356 e. The van der Waals surface area contributed by atoms with Gasteiger partial charge in [0.15, 0.2) is 0 Å². The highest BCUT2D eigenvalue weighted by molar-refractivity contribution is 5.84. The van der Waals surface area contributed by atoms with Crippen LogP contribution in [-0.2, 0) is 16.8 Å². The average Bonchev–Trinajstić information content (AvgIpc) is 3.24. The number of carbonyl (C=O) groups excluding carboxylic acids is 1. The lowest BCUT2D eigenvalue weighted by atomic mass is 9.91. The average molecular weight is 441 g/mol. The monoisotopic (exact) mass is 440 g/mol. The number of aromatic nitrogens is 1. The topological polar surface area (TPSA) is 81.3 Å². The molecule has 1 fully saturated rings. The minimum absolute atomic E-state index is 0. The third-order valence-corrected chi connectivity index (χ3v) is 6.59. The largest absolute Gasteiger partial charge is 0.356 e. The third-order valence-electron chi connectivity index (χ3n) is 6.59. The molecule has 1 atom stereocenters. The lowest BCUT2D eigenvalue weighted by molar-refractivity contribution is -0.122. The van der Waals surface area contributed by atoms with E-state index >= 15 is 0 Å². The van der Waals surface area contributed by atoms with Gasteiger partial charge in [0.05, 0.1) is 17.3 Å². The molecule has 4 N–H and O–H groups in total. The van der Waals surface area contributed by atoms with Gasteiger partial charge >= 0.3 is 0 Å². The predicted octanol–water partition coefficient (Wildman–Crippen LogP) is 4.78. The van der Waals surface area contributed by atoms with Crippen LogP contribution in [0.25, 0.3) is 0 Å². The Hall–Kier alpha value is -2.80. The maximum Gasteiger partial charge on any atom is 0.227 e. The van der Waals surface area contributed by atoms with E-state index < -0.39 is 0 Å². The summed E-state index contributed by atoms with van der Waals surface area (Å²) in [4.78, 5) is 20.4. The summed E-state index contributed by atoms with van der Waals surface area (Å²) in [7, 11) is 0. The number of piperidine rings is 1. The minimum atomic E-state index is -0.246. The summed E-state index contributed by atoms with van der Waals surface area (Å²) < 4.78 is 0. The lowest BCUT2D eigenvalue weighted by Gasteiger charge is -2.33. The van der Waals surface area contributed by atoms with Crippen LogP contribution in [-0.4, -0.2) is 24.0 Å². The maximum atomic E-state index is 13.0. The highest BCUT2D eigenvalue weighted by Gasteiger charge is 2.24. The molecule has 0 spiro atoms. The van der Waals surface area contributed by atoms with Gasteiger partial charge in [0, 0.05) is 39.2 Å². The Morgan fingerprint density at radius 3 is 2.62 bits per heavy atom. The van der Waals surface area contributed by atoms with E-state index in [4.69, 9.17) is 4.98 Å². The predicted molar refractivity (Wildman–Crippen MR) is 135 cm³/mol. The van der Waals surface area contributed by atoms with Gasteiger partial charge in [0.25, 0.3) is 0 Å². The van der Waals surface area contributed by atoms with Crippen molar-refractivity contribution in [2.24, 2.45) is 5.92 Å². The summed E-state index contributed by atoms with van der Waals surface area (Å²) in [6.07, 6.45) is 2.36. The smallest absolute Gasteiger partial charge is 0.227 e. The van der Waals surface area contributed by atoms with Crippen molar-refractivity contribution < 1.29 is 7.65 Å². The quantitative estimate of drug-likeness (QED) is 0.536. The second-order valence-corrected chi connectivity index (χ2v) is 10.2. The van der Waals surface area contributed by atoms with E-state index in [1.54, 1.807) is 0 Å². The number of hydrazine groups is 2. The Morgan fingerprint density at radius 1 is 1.19 bits per heavy atom. The zero-order valence-electron chi connectivity index (χ0n) is 19.9. The van der Waals surface area contributed by atoms with Crippen molar-refractivity contribution in [3.63, 3.8) is 0 Å². The van der Waals surface area contributed by atoms with E-state index in [9.17, 15) is 4.79 Å². The summed E-state index contributed by atoms with van der Waals surface area (Å²) in [6.45, 7) is 13.4. The van der Waals surface area contributed by atoms with Crippen LogP contribution in [0.5, 0.6) is 0 Å². The van der Waals surface area contributed by atoms with Crippen molar-refractivity contribution in [1.29, 1.82) is 0 Å². The normalized spacial score (nSPS) is 17.3. The molecule has 3 heterocycles. The molecule has 1 aromatic heterocycles. The van der Waals surface area contributed by atoms with E-state index in [0.29, 0.717) is 6.54 Å². The van der Waals surface area contributed by atoms with E-state index in [0.717, 1.165) is 53.0 Å². The van der Waals surface area contributed by atoms with Crippen LogP contribution in [0.15, 0.2) is 30.3 Å². The van der Waals surface area contributed by atoms with Crippen LogP contribution in [0.3, 0.4) is 0 Å². The molecule has 176 valence electrons. The summed E-state index contributed by atoms with van der Waals surface area (Å²) in [6, 6.07) is 10.2. The van der Waals surface area contributed by atoms with Crippen LogP contribution >= 0.6 is 0 Å². The molecule has 0 saturated carbocycles. The van der Waals surface area contributed by atoms with Gasteiger partial charge in [-0.25, -0.2) is 4.98 Å². The van der Waals surface area contributed by atoms with Gasteiger partial charge in [-0.05, 0) is 49.4 Å². The number of nitrogens with zero attached hydrogens (tertiary/aromatic N) is 2. The first-order chi connectivity index (χ1) is 15.2. The zero-order chi connectivity index (χ0) is 22.9. The molecule has 2 aliphatic rings. The maximum absolute atomic E-state index is 13.0. The second kappa shape index (κ2) is 8.98. The fourth-order valence-electron chi connectivity index (χ4n) is 4.22. The van der Waals surface area contributed by atoms with Gasteiger partial charge in [0.1, 0.15) is 5.82 Å². The molecule has 2 aliphatic heterocycles. The molecule has 0 radical (unpaired) electrons. The van der Waals surface area contributed by atoms with Gasteiger partial charge in [-0.2, -0.15) is 0 Å². The van der Waals surface area contributed by atoms with Gasteiger partial charge in [-0.15, -0.1) is 5.53 Å². The summed E-state index contributed by atoms with van der Waals surface area (Å²) in [5.41, 5.74) is 14.0. The molecule has 32 heavy (non-hydrogen) atoms. The molecule has 7 nitrogen and oxygen atoms in total. The molecule has 0 aliphatic carbocycles. The van der Waals surface area contributed by atoms with E-state index in [1.807, 2.05) is 25.1 Å². The van der Waals surface area contributed by atoms with Crippen molar-refractivity contribution in [2.75, 3.05) is 28.8 Å². The van der Waals surface area contributed by atoms with Gasteiger partial charge in [0.2, 0.25) is 5.91 Å². The summed E-state index contributed by atoms with van der Waals surface area (Å²) >= 11 is 0. The Bertz CT molecular complexity index is 986. The van der Waals surface area contributed by atoms with Crippen molar-refractivity contribution in [3.05, 3.63) is 47.2 Å². The SMILES string of the molecule is CC1CCN(c2nc(C(C)(C)C)ccc2CNC(=O)C(C)c2ccc3c(c2)NNN3)CC1.[HH].[HH]. The lowest BCUT2D eigenvalue weighted by Crippen LogP contribution is -2.36. The molecule has 1 saturated heterocycles. The molecule has 1 aromatic carbocycles. The standard InChI is InChI=1S/C25H36N6O.2H2/c1-16-10-12-31(13-11-16)23-19(7-9-22(27-23)25(3,4)5)15-26-24(32)17(2)18-6-8-20-21(14-18)29-30-28-20;;/h6-9,14,16-17,28-30H,10-13,15H2,1-5H3,(H,26,32);2*1H. The van der Waals surface area contributed by atoms with Crippen LogP contribution in [0.4, 0.5) is 17.2 Å². The summed E-state index contributed by atoms with van der Waals surface area (Å²) in [5, 5.41) is 3.15. The number of amides is 1. The molecular weight excluding hydrogens is 400 g/mol. The molecular formula is C25H40N6O. The van der Waals surface area contributed by atoms with Crippen LogP contribution in [0.2, 0.25) is 0 Å². The van der Waals surface area contributed by atoms with Crippen LogP contribution in [0, 0.1) is 5.92 Å². The number of benzene rings is 1. The number of pyridine rings is 1. The number of rotatable bonds is 5. The van der Waals surface area contributed by atoms with Gasteiger partial charge in [-0.1, -0.05) is 39.8 Å². The zero-order valence-corrected chi connectivity index (χ0v) is 19.9.